The third-order valence-corrected chi connectivity index (χ3v) is 4.57. The van der Waals surface area contributed by atoms with Crippen molar-refractivity contribution in [2.24, 2.45) is 0 Å². The normalized spacial score (nSPS) is 13.8. The van der Waals surface area contributed by atoms with Gasteiger partial charge in [-0.25, -0.2) is 17.2 Å². The number of nitrogens with one attached hydrogen (secondary N) is 1. The van der Waals surface area contributed by atoms with Crippen molar-refractivity contribution in [1.29, 1.82) is 0 Å². The Bertz CT molecular complexity index is 642. The van der Waals surface area contributed by atoms with E-state index < -0.39 is 50.2 Å². The van der Waals surface area contributed by atoms with Crippen LogP contribution in [0, 0.1) is 11.6 Å². The number of sulfone groups is 1. The average molecular weight is 331 g/mol. The van der Waals surface area contributed by atoms with E-state index in [9.17, 15) is 35.2 Å². The fourth-order valence-corrected chi connectivity index (χ4v) is 2.72. The summed E-state index contributed by atoms with van der Waals surface area (Å²) in [4.78, 5) is 10.3. The molecule has 1 amide bonds. The van der Waals surface area contributed by atoms with Crippen LogP contribution >= 0.6 is 0 Å². The van der Waals surface area contributed by atoms with Gasteiger partial charge in [-0.3, -0.25) is 4.79 Å². The Labute approximate surface area is 116 Å². The second-order valence-electron chi connectivity index (χ2n) is 4.09. The lowest BCUT2D eigenvalue weighted by Gasteiger charge is -2.15. The summed E-state index contributed by atoms with van der Waals surface area (Å²) in [7, 11) is -4.65. The third-order valence-electron chi connectivity index (χ3n) is 2.50. The van der Waals surface area contributed by atoms with Crippen LogP contribution in [0.1, 0.15) is 6.92 Å². The molecule has 0 aromatic heterocycles. The number of benzene rings is 1. The number of alkyl halides is 3. The molecule has 0 bridgehead atoms. The van der Waals surface area contributed by atoms with Crippen molar-refractivity contribution in [3.05, 3.63) is 29.8 Å². The second kappa shape index (κ2) is 5.96. The molecule has 0 aliphatic rings. The highest BCUT2D eigenvalue weighted by Gasteiger charge is 2.35. The Kier molecular flexibility index (Phi) is 4.92. The standard InChI is InChI=1S/C11H10F5NO3S/c1-6(10(18)17-5-11(14,15)16)21(19,20)9-4-7(12)2-3-8(9)13/h2-4,6H,5H2,1H3,(H,17,18)/t6-/m1/s1. The summed E-state index contributed by atoms with van der Waals surface area (Å²) < 4.78 is 86.0. The smallest absolute Gasteiger partial charge is 0.346 e. The monoisotopic (exact) mass is 331 g/mol. The van der Waals surface area contributed by atoms with Crippen LogP contribution in [-0.2, 0) is 14.6 Å². The van der Waals surface area contributed by atoms with Crippen molar-refractivity contribution in [3.63, 3.8) is 0 Å². The first-order valence-corrected chi connectivity index (χ1v) is 7.03. The summed E-state index contributed by atoms with van der Waals surface area (Å²) in [6.45, 7) is -0.942. The van der Waals surface area contributed by atoms with Crippen LogP contribution in [0.5, 0.6) is 0 Å². The lowest BCUT2D eigenvalue weighted by Crippen LogP contribution is -2.42. The lowest BCUT2D eigenvalue weighted by molar-refractivity contribution is -0.138. The molecule has 10 heteroatoms. The van der Waals surface area contributed by atoms with E-state index in [1.54, 1.807) is 0 Å². The molecule has 1 rings (SSSR count). The van der Waals surface area contributed by atoms with Gasteiger partial charge in [0.25, 0.3) is 0 Å². The highest BCUT2D eigenvalue weighted by Crippen LogP contribution is 2.21. The van der Waals surface area contributed by atoms with Crippen LogP contribution in [0.15, 0.2) is 23.1 Å². The fraction of sp³-hybridized carbons (Fsp3) is 0.364. The molecule has 0 fully saturated rings. The Morgan fingerprint density at radius 1 is 1.29 bits per heavy atom. The van der Waals surface area contributed by atoms with Crippen molar-refractivity contribution >= 4 is 15.7 Å². The summed E-state index contributed by atoms with van der Waals surface area (Å²) in [6, 6.07) is 1.57. The summed E-state index contributed by atoms with van der Waals surface area (Å²) in [5.41, 5.74) is 0. The van der Waals surface area contributed by atoms with Crippen LogP contribution in [0.25, 0.3) is 0 Å². The van der Waals surface area contributed by atoms with Gasteiger partial charge in [0.15, 0.2) is 9.84 Å². The van der Waals surface area contributed by atoms with Crippen LogP contribution in [0.3, 0.4) is 0 Å². The van der Waals surface area contributed by atoms with Gasteiger partial charge in [0.2, 0.25) is 5.91 Å². The van der Waals surface area contributed by atoms with Crippen LogP contribution in [0.2, 0.25) is 0 Å². The van der Waals surface area contributed by atoms with E-state index in [1.807, 2.05) is 0 Å². The number of amides is 1. The summed E-state index contributed by atoms with van der Waals surface area (Å²) in [6.07, 6.45) is -4.72. The van der Waals surface area contributed by atoms with Gasteiger partial charge >= 0.3 is 6.18 Å². The predicted octanol–water partition coefficient (Wildman–Crippen LogP) is 1.81. The van der Waals surface area contributed by atoms with E-state index in [4.69, 9.17) is 0 Å². The van der Waals surface area contributed by atoms with Gasteiger partial charge in [-0.15, -0.1) is 0 Å². The van der Waals surface area contributed by atoms with E-state index in [0.717, 1.165) is 6.92 Å². The van der Waals surface area contributed by atoms with Gasteiger partial charge in [-0.2, -0.15) is 13.2 Å². The quantitative estimate of drug-likeness (QED) is 0.856. The fourth-order valence-electron chi connectivity index (χ4n) is 1.36. The zero-order valence-corrected chi connectivity index (χ0v) is 11.4. The molecule has 1 aromatic carbocycles. The topological polar surface area (TPSA) is 63.2 Å². The molecule has 1 aromatic rings. The summed E-state index contributed by atoms with van der Waals surface area (Å²) in [5.74, 6) is -3.82. The van der Waals surface area contributed by atoms with Gasteiger partial charge < -0.3 is 5.32 Å². The minimum atomic E-state index is -4.72. The molecule has 0 radical (unpaired) electrons. The number of carbonyl (C=O) groups excluding carboxylic acids is 1. The Morgan fingerprint density at radius 3 is 2.38 bits per heavy atom. The molecular formula is C11H10F5NO3S. The van der Waals surface area contributed by atoms with Crippen LogP contribution < -0.4 is 5.32 Å². The van der Waals surface area contributed by atoms with Gasteiger partial charge in [0, 0.05) is 0 Å². The molecule has 0 unspecified atom stereocenters. The van der Waals surface area contributed by atoms with E-state index in [2.05, 4.69) is 0 Å². The van der Waals surface area contributed by atoms with Gasteiger partial charge in [-0.1, -0.05) is 0 Å². The van der Waals surface area contributed by atoms with Gasteiger partial charge in [0.05, 0.1) is 0 Å². The molecule has 0 saturated carbocycles. The molecule has 0 saturated heterocycles. The Balaban J connectivity index is 3.02. The Morgan fingerprint density at radius 2 is 1.86 bits per heavy atom. The maximum atomic E-state index is 13.4. The number of hydrogen-bond acceptors (Lipinski definition) is 3. The van der Waals surface area contributed by atoms with Crippen molar-refractivity contribution in [2.45, 2.75) is 23.2 Å². The van der Waals surface area contributed by atoms with E-state index >= 15 is 0 Å². The first-order chi connectivity index (χ1) is 9.45. The minimum Gasteiger partial charge on any atom is -0.346 e. The highest BCUT2D eigenvalue weighted by molar-refractivity contribution is 7.92. The zero-order chi connectivity index (χ0) is 16.4. The molecule has 0 heterocycles. The maximum absolute atomic E-state index is 13.4. The molecule has 0 aliphatic carbocycles. The maximum Gasteiger partial charge on any atom is 0.405 e. The molecule has 1 N–H and O–H groups in total. The summed E-state index contributed by atoms with van der Waals surface area (Å²) >= 11 is 0. The van der Waals surface area contributed by atoms with E-state index in [-0.39, 0.29) is 0 Å². The van der Waals surface area contributed by atoms with Gasteiger partial charge in [0.1, 0.15) is 28.3 Å². The van der Waals surface area contributed by atoms with E-state index in [1.165, 1.54) is 5.32 Å². The largest absolute Gasteiger partial charge is 0.405 e. The van der Waals surface area contributed by atoms with Crippen LogP contribution in [0.4, 0.5) is 22.0 Å². The van der Waals surface area contributed by atoms with Gasteiger partial charge in [-0.05, 0) is 25.1 Å². The lowest BCUT2D eigenvalue weighted by atomic mass is 10.3. The number of halogens is 5. The number of rotatable bonds is 4. The molecule has 1 atom stereocenters. The SMILES string of the molecule is C[C@H](C(=O)NCC(F)(F)F)S(=O)(=O)c1cc(F)ccc1F. The number of carbonyl (C=O) groups is 1. The molecule has 0 aliphatic heterocycles. The second-order valence-corrected chi connectivity index (χ2v) is 6.33. The molecule has 118 valence electrons. The van der Waals surface area contributed by atoms with E-state index in [0.29, 0.717) is 18.2 Å². The van der Waals surface area contributed by atoms with Crippen LogP contribution in [-0.4, -0.2) is 32.3 Å². The molecular weight excluding hydrogens is 321 g/mol. The molecule has 4 nitrogen and oxygen atoms in total. The van der Waals surface area contributed by atoms with Crippen molar-refractivity contribution in [1.82, 2.24) is 5.32 Å². The minimum absolute atomic E-state index is 0.359. The van der Waals surface area contributed by atoms with Crippen molar-refractivity contribution < 1.29 is 35.2 Å². The third kappa shape index (κ3) is 4.38. The average Bonchev–Trinajstić information content (AvgIpc) is 2.36. The van der Waals surface area contributed by atoms with Crippen molar-refractivity contribution in [3.8, 4) is 0 Å². The van der Waals surface area contributed by atoms with Crippen molar-refractivity contribution in [2.75, 3.05) is 6.54 Å². The molecule has 0 spiro atoms. The number of hydrogen-bond donors (Lipinski definition) is 1. The Hall–Kier alpha value is -1.71. The molecule has 21 heavy (non-hydrogen) atoms. The summed E-state index contributed by atoms with van der Waals surface area (Å²) in [5, 5.41) is -0.631. The first kappa shape index (κ1) is 17.3. The first-order valence-electron chi connectivity index (χ1n) is 5.48. The highest BCUT2D eigenvalue weighted by atomic mass is 32.2. The zero-order valence-electron chi connectivity index (χ0n) is 10.5. The predicted molar refractivity (Wildman–Crippen MR) is 62.1 cm³/mol.